The van der Waals surface area contributed by atoms with E-state index in [1.165, 1.54) is 17.0 Å². The van der Waals surface area contributed by atoms with Crippen LogP contribution in [0.25, 0.3) is 0 Å². The molecule has 1 aromatic rings. The Balaban J connectivity index is 2.32. The summed E-state index contributed by atoms with van der Waals surface area (Å²) in [6.45, 7) is 1.11. The Hall–Kier alpha value is -1.66. The fourth-order valence-corrected chi connectivity index (χ4v) is 1.62. The Morgan fingerprint density at radius 3 is 2.85 bits per heavy atom. The van der Waals surface area contributed by atoms with E-state index in [1.807, 2.05) is 0 Å². The number of amides is 1. The molecule has 0 saturated carbocycles. The molecule has 0 saturated heterocycles. The van der Waals surface area contributed by atoms with Crippen LogP contribution in [0, 0.1) is 5.82 Å². The van der Waals surface area contributed by atoms with Crippen LogP contribution >= 0.6 is 0 Å². The van der Waals surface area contributed by atoms with E-state index >= 15 is 0 Å². The van der Waals surface area contributed by atoms with E-state index in [-0.39, 0.29) is 18.3 Å². The van der Waals surface area contributed by atoms with Gasteiger partial charge in [0.05, 0.1) is 12.6 Å². The number of nitrogens with zero attached hydrogens (tertiary/aromatic N) is 1. The molecule has 20 heavy (non-hydrogen) atoms. The SMILES string of the molecule is COCCC(N)C(=O)N(C)CCOc1cccc(F)c1. The van der Waals surface area contributed by atoms with Crippen molar-refractivity contribution in [3.8, 4) is 5.75 Å². The molecule has 0 bridgehead atoms. The van der Waals surface area contributed by atoms with E-state index in [0.717, 1.165) is 0 Å². The van der Waals surface area contributed by atoms with Gasteiger partial charge in [-0.25, -0.2) is 4.39 Å². The molecule has 1 amide bonds. The third kappa shape index (κ3) is 5.54. The van der Waals surface area contributed by atoms with Gasteiger partial charge >= 0.3 is 0 Å². The second-order valence-electron chi connectivity index (χ2n) is 4.45. The maximum absolute atomic E-state index is 12.9. The van der Waals surface area contributed by atoms with E-state index in [4.69, 9.17) is 15.2 Å². The van der Waals surface area contributed by atoms with Crippen LogP contribution in [0.2, 0.25) is 0 Å². The number of carbonyl (C=O) groups excluding carboxylic acids is 1. The first-order valence-corrected chi connectivity index (χ1v) is 6.42. The highest BCUT2D eigenvalue weighted by atomic mass is 19.1. The second kappa shape index (κ2) is 8.50. The van der Waals surface area contributed by atoms with E-state index in [0.29, 0.717) is 25.3 Å². The first kappa shape index (κ1) is 16.4. The largest absolute Gasteiger partial charge is 0.492 e. The zero-order valence-electron chi connectivity index (χ0n) is 11.8. The highest BCUT2D eigenvalue weighted by Crippen LogP contribution is 2.11. The molecule has 0 aromatic heterocycles. The van der Waals surface area contributed by atoms with Crippen LogP contribution in [0.15, 0.2) is 24.3 Å². The molecule has 0 spiro atoms. The van der Waals surface area contributed by atoms with Gasteiger partial charge < -0.3 is 20.1 Å². The number of methoxy groups -OCH3 is 1. The molecule has 5 nitrogen and oxygen atoms in total. The van der Waals surface area contributed by atoms with Crippen LogP contribution in [-0.2, 0) is 9.53 Å². The molecule has 6 heteroatoms. The monoisotopic (exact) mass is 284 g/mol. The minimum Gasteiger partial charge on any atom is -0.492 e. The van der Waals surface area contributed by atoms with Crippen molar-refractivity contribution in [3.63, 3.8) is 0 Å². The molecule has 1 aromatic carbocycles. The second-order valence-corrected chi connectivity index (χ2v) is 4.45. The van der Waals surface area contributed by atoms with E-state index in [1.54, 1.807) is 26.3 Å². The quantitative estimate of drug-likeness (QED) is 0.774. The number of ether oxygens (including phenoxy) is 2. The van der Waals surface area contributed by atoms with Crippen LogP contribution < -0.4 is 10.5 Å². The lowest BCUT2D eigenvalue weighted by molar-refractivity contribution is -0.132. The molecule has 2 N–H and O–H groups in total. The molecular weight excluding hydrogens is 263 g/mol. The van der Waals surface area contributed by atoms with Crippen LogP contribution in [0.4, 0.5) is 4.39 Å². The first-order valence-electron chi connectivity index (χ1n) is 6.42. The number of nitrogens with two attached hydrogens (primary N) is 1. The fraction of sp³-hybridized carbons (Fsp3) is 0.500. The summed E-state index contributed by atoms with van der Waals surface area (Å²) in [5.74, 6) is -0.0760. The molecule has 0 aliphatic heterocycles. The van der Waals surface area contributed by atoms with Gasteiger partial charge in [-0.15, -0.1) is 0 Å². The van der Waals surface area contributed by atoms with E-state index < -0.39 is 6.04 Å². The number of halogens is 1. The van der Waals surface area contributed by atoms with Gasteiger partial charge in [0.15, 0.2) is 0 Å². The highest BCUT2D eigenvalue weighted by Gasteiger charge is 2.17. The normalized spacial score (nSPS) is 12.0. The van der Waals surface area contributed by atoms with Gasteiger partial charge in [-0.05, 0) is 18.6 Å². The Morgan fingerprint density at radius 2 is 2.20 bits per heavy atom. The maximum atomic E-state index is 12.9. The van der Waals surface area contributed by atoms with Gasteiger partial charge in [0.1, 0.15) is 18.2 Å². The summed E-state index contributed by atoms with van der Waals surface area (Å²) in [6, 6.07) is 5.30. The lowest BCUT2D eigenvalue weighted by atomic mass is 10.2. The summed E-state index contributed by atoms with van der Waals surface area (Å²) in [5.41, 5.74) is 5.75. The number of likely N-dealkylation sites (N-methyl/N-ethyl adjacent to an activating group) is 1. The van der Waals surface area contributed by atoms with Crippen molar-refractivity contribution in [2.24, 2.45) is 5.73 Å². The van der Waals surface area contributed by atoms with Gasteiger partial charge in [0, 0.05) is 26.8 Å². The highest BCUT2D eigenvalue weighted by molar-refractivity contribution is 5.81. The van der Waals surface area contributed by atoms with Crippen LogP contribution in [0.5, 0.6) is 5.75 Å². The van der Waals surface area contributed by atoms with Crippen LogP contribution in [-0.4, -0.2) is 50.8 Å². The smallest absolute Gasteiger partial charge is 0.239 e. The first-order chi connectivity index (χ1) is 9.54. The number of hydrogen-bond donors (Lipinski definition) is 1. The van der Waals surface area contributed by atoms with Crippen molar-refractivity contribution < 1.29 is 18.7 Å². The predicted molar refractivity (Wildman–Crippen MR) is 74.0 cm³/mol. The van der Waals surface area contributed by atoms with Crippen molar-refractivity contribution in [1.82, 2.24) is 4.90 Å². The van der Waals surface area contributed by atoms with Crippen molar-refractivity contribution in [1.29, 1.82) is 0 Å². The van der Waals surface area contributed by atoms with Gasteiger partial charge in [-0.2, -0.15) is 0 Å². The van der Waals surface area contributed by atoms with Gasteiger partial charge in [0.2, 0.25) is 5.91 Å². The summed E-state index contributed by atoms with van der Waals surface area (Å²) in [4.78, 5) is 13.4. The molecule has 0 aliphatic carbocycles. The Labute approximate surface area is 118 Å². The minimum atomic E-state index is -0.575. The third-order valence-electron chi connectivity index (χ3n) is 2.82. The Morgan fingerprint density at radius 1 is 1.45 bits per heavy atom. The molecule has 112 valence electrons. The molecule has 0 aliphatic rings. The Kier molecular flexibility index (Phi) is 6.97. The summed E-state index contributed by atoms with van der Waals surface area (Å²) in [6.07, 6.45) is 0.477. The van der Waals surface area contributed by atoms with Crippen LogP contribution in [0.1, 0.15) is 6.42 Å². The maximum Gasteiger partial charge on any atom is 0.239 e. The molecule has 1 rings (SSSR count). The third-order valence-corrected chi connectivity index (χ3v) is 2.82. The molecule has 0 fully saturated rings. The topological polar surface area (TPSA) is 64.8 Å². The fourth-order valence-electron chi connectivity index (χ4n) is 1.62. The number of hydrogen-bond acceptors (Lipinski definition) is 4. The molecule has 1 unspecified atom stereocenters. The number of carbonyl (C=O) groups is 1. The van der Waals surface area contributed by atoms with Crippen molar-refractivity contribution in [3.05, 3.63) is 30.1 Å². The summed E-state index contributed by atoms with van der Waals surface area (Å²) in [5, 5.41) is 0. The van der Waals surface area contributed by atoms with Crippen molar-refractivity contribution in [2.45, 2.75) is 12.5 Å². The average Bonchev–Trinajstić information content (AvgIpc) is 2.43. The van der Waals surface area contributed by atoms with Crippen LogP contribution in [0.3, 0.4) is 0 Å². The van der Waals surface area contributed by atoms with E-state index in [9.17, 15) is 9.18 Å². The summed E-state index contributed by atoms with van der Waals surface area (Å²) >= 11 is 0. The minimum absolute atomic E-state index is 0.162. The average molecular weight is 284 g/mol. The predicted octanol–water partition coefficient (Wildman–Crippen LogP) is 1.03. The lowest BCUT2D eigenvalue weighted by Gasteiger charge is -2.21. The number of benzene rings is 1. The molecule has 1 atom stereocenters. The molecule has 0 radical (unpaired) electrons. The van der Waals surface area contributed by atoms with Crippen molar-refractivity contribution in [2.75, 3.05) is 33.9 Å². The standard InChI is InChI=1S/C14H21FN2O3/c1-17(14(18)13(16)6-8-19-2)7-9-20-12-5-3-4-11(15)10-12/h3-5,10,13H,6-9,16H2,1-2H3. The molecule has 0 heterocycles. The van der Waals surface area contributed by atoms with Gasteiger partial charge in [-0.1, -0.05) is 6.07 Å². The lowest BCUT2D eigenvalue weighted by Crippen LogP contribution is -2.43. The summed E-state index contributed by atoms with van der Waals surface area (Å²) in [7, 11) is 3.22. The zero-order valence-corrected chi connectivity index (χ0v) is 11.8. The van der Waals surface area contributed by atoms with Gasteiger partial charge in [-0.3, -0.25) is 4.79 Å². The van der Waals surface area contributed by atoms with Gasteiger partial charge in [0.25, 0.3) is 0 Å². The number of rotatable bonds is 8. The van der Waals surface area contributed by atoms with Crippen molar-refractivity contribution >= 4 is 5.91 Å². The molecular formula is C14H21FN2O3. The van der Waals surface area contributed by atoms with E-state index in [2.05, 4.69) is 0 Å². The Bertz CT molecular complexity index is 429. The zero-order chi connectivity index (χ0) is 15.0. The summed E-state index contributed by atoms with van der Waals surface area (Å²) < 4.78 is 23.2.